The third-order valence-electron chi connectivity index (χ3n) is 2.06. The van der Waals surface area contributed by atoms with E-state index in [1.165, 1.54) is 11.8 Å². The molecule has 1 aliphatic rings. The topological polar surface area (TPSA) is 36.3 Å². The van der Waals surface area contributed by atoms with Crippen LogP contribution in [0.1, 0.15) is 6.92 Å². The summed E-state index contributed by atoms with van der Waals surface area (Å²) in [5.74, 6) is 0. The second kappa shape index (κ2) is 4.70. The minimum atomic E-state index is 0.216. The van der Waals surface area contributed by atoms with Crippen LogP contribution in [0.3, 0.4) is 0 Å². The van der Waals surface area contributed by atoms with Crippen LogP contribution in [0.25, 0.3) is 0 Å². The second-order valence-electron chi connectivity index (χ2n) is 3.09. The van der Waals surface area contributed by atoms with Crippen molar-refractivity contribution in [3.8, 4) is 5.40 Å². The highest BCUT2D eigenvalue weighted by atomic mass is 32.2. The van der Waals surface area contributed by atoms with Gasteiger partial charge in [-0.05, 0) is 25.7 Å². The van der Waals surface area contributed by atoms with Crippen molar-refractivity contribution in [1.29, 1.82) is 5.26 Å². The molecular weight excluding hydrogens is 172 g/mol. The summed E-state index contributed by atoms with van der Waals surface area (Å²) in [5, 5.41) is 10.9. The summed E-state index contributed by atoms with van der Waals surface area (Å²) in [6, 6.07) is 0. The van der Waals surface area contributed by atoms with Crippen LogP contribution in [-0.2, 0) is 4.74 Å². The van der Waals surface area contributed by atoms with Gasteiger partial charge in [0.15, 0.2) is 0 Å². The third kappa shape index (κ3) is 2.67. The van der Waals surface area contributed by atoms with E-state index in [4.69, 9.17) is 10.00 Å². The van der Waals surface area contributed by atoms with Crippen LogP contribution >= 0.6 is 11.8 Å². The van der Waals surface area contributed by atoms with E-state index in [9.17, 15) is 0 Å². The first-order valence-electron chi connectivity index (χ1n) is 4.09. The van der Waals surface area contributed by atoms with Crippen molar-refractivity contribution < 1.29 is 4.74 Å². The van der Waals surface area contributed by atoms with Crippen LogP contribution in [0.5, 0.6) is 0 Å². The summed E-state index contributed by atoms with van der Waals surface area (Å²) in [7, 11) is 2.08. The molecule has 0 aromatic heterocycles. The Balaban J connectivity index is 2.35. The fourth-order valence-electron chi connectivity index (χ4n) is 1.25. The van der Waals surface area contributed by atoms with Crippen molar-refractivity contribution in [2.75, 3.05) is 26.7 Å². The van der Waals surface area contributed by atoms with Gasteiger partial charge < -0.3 is 9.64 Å². The third-order valence-corrected chi connectivity index (χ3v) is 2.84. The number of morpholine rings is 1. The number of thiocyanates is 1. The number of rotatable bonds is 2. The van der Waals surface area contributed by atoms with Gasteiger partial charge in [-0.1, -0.05) is 0 Å². The van der Waals surface area contributed by atoms with Crippen molar-refractivity contribution in [3.05, 3.63) is 0 Å². The lowest BCUT2D eigenvalue weighted by Crippen LogP contribution is -2.44. The highest BCUT2D eigenvalue weighted by molar-refractivity contribution is 8.04. The van der Waals surface area contributed by atoms with Crippen molar-refractivity contribution >= 4 is 11.8 Å². The zero-order valence-electron chi connectivity index (χ0n) is 7.49. The van der Waals surface area contributed by atoms with Gasteiger partial charge in [-0.25, -0.2) is 0 Å². The Morgan fingerprint density at radius 2 is 2.50 bits per heavy atom. The minimum Gasteiger partial charge on any atom is -0.374 e. The molecule has 1 saturated heterocycles. The van der Waals surface area contributed by atoms with Crippen LogP contribution in [-0.4, -0.2) is 43.0 Å². The normalized spacial score (nSPS) is 27.9. The number of ether oxygens (including phenoxy) is 1. The van der Waals surface area contributed by atoms with Gasteiger partial charge in [-0.2, -0.15) is 5.26 Å². The van der Waals surface area contributed by atoms with Crippen LogP contribution in [0.15, 0.2) is 0 Å². The zero-order chi connectivity index (χ0) is 8.97. The molecule has 1 fully saturated rings. The Morgan fingerprint density at radius 1 is 1.75 bits per heavy atom. The predicted molar refractivity (Wildman–Crippen MR) is 49.9 cm³/mol. The van der Waals surface area contributed by atoms with Crippen molar-refractivity contribution in [1.82, 2.24) is 4.90 Å². The lowest BCUT2D eigenvalue weighted by molar-refractivity contribution is -0.0175. The highest BCUT2D eigenvalue weighted by Gasteiger charge is 2.23. The maximum Gasteiger partial charge on any atom is 0.133 e. The molecule has 0 spiro atoms. The Bertz CT molecular complexity index is 180. The summed E-state index contributed by atoms with van der Waals surface area (Å²) in [5.41, 5.74) is 0. The lowest BCUT2D eigenvalue weighted by Gasteiger charge is -2.32. The van der Waals surface area contributed by atoms with Gasteiger partial charge >= 0.3 is 0 Å². The van der Waals surface area contributed by atoms with Gasteiger partial charge in [0.2, 0.25) is 0 Å². The van der Waals surface area contributed by atoms with E-state index >= 15 is 0 Å². The number of hydrogen-bond donors (Lipinski definition) is 0. The molecule has 0 bridgehead atoms. The Morgan fingerprint density at radius 3 is 3.08 bits per heavy atom. The number of hydrogen-bond acceptors (Lipinski definition) is 4. The van der Waals surface area contributed by atoms with Crippen LogP contribution < -0.4 is 0 Å². The molecule has 0 aromatic carbocycles. The van der Waals surface area contributed by atoms with E-state index in [1.54, 1.807) is 0 Å². The molecule has 1 aliphatic heterocycles. The van der Waals surface area contributed by atoms with Crippen molar-refractivity contribution in [2.24, 2.45) is 0 Å². The Labute approximate surface area is 77.7 Å². The Hall–Kier alpha value is -0.240. The molecule has 0 aliphatic carbocycles. The molecule has 3 nitrogen and oxygen atoms in total. The first-order valence-corrected chi connectivity index (χ1v) is 4.97. The summed E-state index contributed by atoms with van der Waals surface area (Å²) in [4.78, 5) is 2.24. The number of nitrogens with zero attached hydrogens (tertiary/aromatic N) is 2. The summed E-state index contributed by atoms with van der Waals surface area (Å²) >= 11 is 1.29. The zero-order valence-corrected chi connectivity index (χ0v) is 8.30. The lowest BCUT2D eigenvalue weighted by atomic mass is 10.2. The second-order valence-corrected chi connectivity index (χ2v) is 4.25. The monoisotopic (exact) mass is 186 g/mol. The molecule has 1 heterocycles. The van der Waals surface area contributed by atoms with Gasteiger partial charge in [0.25, 0.3) is 0 Å². The first-order chi connectivity index (χ1) is 5.74. The summed E-state index contributed by atoms with van der Waals surface area (Å²) in [6.07, 6.45) is 0.216. The van der Waals surface area contributed by atoms with Gasteiger partial charge in [0, 0.05) is 18.3 Å². The SMILES string of the molecule is C[C@H](SC#N)[C@H]1CN(C)CCO1. The molecule has 1 rings (SSSR count). The van der Waals surface area contributed by atoms with E-state index in [0.29, 0.717) is 0 Å². The average Bonchev–Trinajstić information content (AvgIpc) is 2.05. The maximum absolute atomic E-state index is 8.48. The van der Waals surface area contributed by atoms with Gasteiger partial charge in [-0.3, -0.25) is 0 Å². The molecular formula is C8H14N2OS. The predicted octanol–water partition coefficient (Wildman–Crippen LogP) is 0.920. The maximum atomic E-state index is 8.48. The molecule has 0 amide bonds. The number of nitriles is 1. The molecule has 0 aromatic rings. The van der Waals surface area contributed by atoms with E-state index in [1.807, 2.05) is 6.92 Å². The average molecular weight is 186 g/mol. The van der Waals surface area contributed by atoms with Crippen LogP contribution in [0.4, 0.5) is 0 Å². The molecule has 0 unspecified atom stereocenters. The van der Waals surface area contributed by atoms with Crippen LogP contribution in [0.2, 0.25) is 0 Å². The van der Waals surface area contributed by atoms with Crippen molar-refractivity contribution in [2.45, 2.75) is 18.3 Å². The standard InChI is InChI=1S/C8H14N2OS/c1-7(12-6-9)8-5-10(2)3-4-11-8/h7-8H,3-5H2,1-2H3/t7-,8+/m0/s1. The minimum absolute atomic E-state index is 0.216. The molecule has 4 heteroatoms. The first kappa shape index (κ1) is 9.85. The van der Waals surface area contributed by atoms with Gasteiger partial charge in [0.1, 0.15) is 5.40 Å². The van der Waals surface area contributed by atoms with Crippen LogP contribution in [0, 0.1) is 10.7 Å². The smallest absolute Gasteiger partial charge is 0.133 e. The Kier molecular flexibility index (Phi) is 3.86. The highest BCUT2D eigenvalue weighted by Crippen LogP contribution is 2.18. The molecule has 0 radical (unpaired) electrons. The largest absolute Gasteiger partial charge is 0.374 e. The van der Waals surface area contributed by atoms with E-state index in [2.05, 4.69) is 17.3 Å². The fourth-order valence-corrected chi connectivity index (χ4v) is 1.74. The van der Waals surface area contributed by atoms with Gasteiger partial charge in [-0.15, -0.1) is 0 Å². The van der Waals surface area contributed by atoms with Gasteiger partial charge in [0.05, 0.1) is 12.7 Å². The molecule has 0 N–H and O–H groups in total. The molecule has 0 saturated carbocycles. The fraction of sp³-hybridized carbons (Fsp3) is 0.875. The number of likely N-dealkylation sites (N-methyl/N-ethyl adjacent to an activating group) is 1. The number of thioether (sulfide) groups is 1. The molecule has 68 valence electrons. The summed E-state index contributed by atoms with van der Waals surface area (Å²) < 4.78 is 5.55. The van der Waals surface area contributed by atoms with E-state index in [-0.39, 0.29) is 11.4 Å². The summed E-state index contributed by atoms with van der Waals surface area (Å²) in [6.45, 7) is 4.77. The quantitative estimate of drug-likeness (QED) is 0.601. The molecule has 12 heavy (non-hydrogen) atoms. The van der Waals surface area contributed by atoms with E-state index in [0.717, 1.165) is 19.7 Å². The van der Waals surface area contributed by atoms with Crippen molar-refractivity contribution in [3.63, 3.8) is 0 Å². The van der Waals surface area contributed by atoms with E-state index < -0.39 is 0 Å². The molecule has 2 atom stereocenters.